The number of benzene rings is 1. The van der Waals surface area contributed by atoms with Gasteiger partial charge in [0.15, 0.2) is 0 Å². The third-order valence-electron chi connectivity index (χ3n) is 3.28. The van der Waals surface area contributed by atoms with E-state index in [2.05, 4.69) is 5.32 Å². The molecule has 0 saturated carbocycles. The number of amides is 2. The lowest BCUT2D eigenvalue weighted by Crippen LogP contribution is -2.48. The standard InChI is InChI=1S/C14H18N2O4/c1-20-8-4-7-15-14(19)16-11-6-3-2-5-10(11)9-12(16)13(17)18/h2-3,5-6,12H,4,7-9H2,1H3,(H,15,19)(H,17,18). The van der Waals surface area contributed by atoms with Crippen LogP contribution >= 0.6 is 0 Å². The van der Waals surface area contributed by atoms with Gasteiger partial charge in [-0.25, -0.2) is 9.59 Å². The van der Waals surface area contributed by atoms with E-state index in [4.69, 9.17) is 4.74 Å². The normalized spacial score (nSPS) is 16.9. The number of aliphatic carboxylic acids is 1. The third kappa shape index (κ3) is 2.91. The van der Waals surface area contributed by atoms with E-state index in [1.165, 1.54) is 4.90 Å². The zero-order chi connectivity index (χ0) is 14.5. The van der Waals surface area contributed by atoms with Crippen molar-refractivity contribution in [1.29, 1.82) is 0 Å². The van der Waals surface area contributed by atoms with E-state index in [0.717, 1.165) is 5.56 Å². The molecule has 2 amide bonds. The summed E-state index contributed by atoms with van der Waals surface area (Å²) in [5, 5.41) is 12.0. The molecule has 6 nitrogen and oxygen atoms in total. The number of methoxy groups -OCH3 is 1. The molecular weight excluding hydrogens is 260 g/mol. The largest absolute Gasteiger partial charge is 0.480 e. The van der Waals surface area contributed by atoms with Gasteiger partial charge in [-0.1, -0.05) is 18.2 Å². The van der Waals surface area contributed by atoms with Gasteiger partial charge in [-0.2, -0.15) is 0 Å². The van der Waals surface area contributed by atoms with Crippen molar-refractivity contribution < 1.29 is 19.4 Å². The predicted octanol–water partition coefficient (Wildman–Crippen LogP) is 1.25. The molecule has 6 heteroatoms. The molecule has 20 heavy (non-hydrogen) atoms. The Morgan fingerprint density at radius 2 is 2.20 bits per heavy atom. The summed E-state index contributed by atoms with van der Waals surface area (Å²) >= 11 is 0. The monoisotopic (exact) mass is 278 g/mol. The van der Waals surface area contributed by atoms with Gasteiger partial charge in [0, 0.05) is 32.4 Å². The maximum absolute atomic E-state index is 12.2. The van der Waals surface area contributed by atoms with E-state index in [-0.39, 0.29) is 6.03 Å². The Bertz CT molecular complexity index is 504. The molecule has 0 radical (unpaired) electrons. The first-order chi connectivity index (χ1) is 9.65. The van der Waals surface area contributed by atoms with Crippen molar-refractivity contribution in [2.45, 2.75) is 18.9 Å². The molecule has 0 fully saturated rings. The number of para-hydroxylation sites is 1. The maximum Gasteiger partial charge on any atom is 0.327 e. The summed E-state index contributed by atoms with van der Waals surface area (Å²) in [6.45, 7) is 1.01. The maximum atomic E-state index is 12.2. The first-order valence-corrected chi connectivity index (χ1v) is 6.52. The van der Waals surface area contributed by atoms with Crippen molar-refractivity contribution in [1.82, 2.24) is 5.32 Å². The van der Waals surface area contributed by atoms with E-state index in [1.54, 1.807) is 19.2 Å². The highest BCUT2D eigenvalue weighted by atomic mass is 16.5. The van der Waals surface area contributed by atoms with Gasteiger partial charge in [-0.3, -0.25) is 4.90 Å². The molecule has 0 saturated heterocycles. The topological polar surface area (TPSA) is 78.9 Å². The Labute approximate surface area is 117 Å². The van der Waals surface area contributed by atoms with Crippen LogP contribution in [0.1, 0.15) is 12.0 Å². The van der Waals surface area contributed by atoms with Gasteiger partial charge in [0.1, 0.15) is 6.04 Å². The van der Waals surface area contributed by atoms with Crippen LogP contribution in [0.3, 0.4) is 0 Å². The number of carbonyl (C=O) groups excluding carboxylic acids is 1. The summed E-state index contributed by atoms with van der Waals surface area (Å²) < 4.78 is 4.91. The van der Waals surface area contributed by atoms with Crippen molar-refractivity contribution in [3.05, 3.63) is 29.8 Å². The lowest BCUT2D eigenvalue weighted by atomic mass is 10.1. The summed E-state index contributed by atoms with van der Waals surface area (Å²) in [6.07, 6.45) is 1.03. The van der Waals surface area contributed by atoms with Crippen LogP contribution in [0.5, 0.6) is 0 Å². The van der Waals surface area contributed by atoms with E-state index in [1.807, 2.05) is 12.1 Å². The first kappa shape index (κ1) is 14.3. The fourth-order valence-electron chi connectivity index (χ4n) is 2.33. The minimum absolute atomic E-state index is 0.344. The molecule has 2 N–H and O–H groups in total. The van der Waals surface area contributed by atoms with Crippen molar-refractivity contribution in [3.63, 3.8) is 0 Å². The van der Waals surface area contributed by atoms with E-state index >= 15 is 0 Å². The summed E-state index contributed by atoms with van der Waals surface area (Å²) in [6, 6.07) is 6.05. The Morgan fingerprint density at radius 3 is 2.90 bits per heavy atom. The number of carboxylic acid groups (broad SMARTS) is 1. The van der Waals surface area contributed by atoms with E-state index in [9.17, 15) is 14.7 Å². The van der Waals surface area contributed by atoms with Crippen LogP contribution in [0.25, 0.3) is 0 Å². The van der Waals surface area contributed by atoms with Crippen LogP contribution in [-0.2, 0) is 16.0 Å². The van der Waals surface area contributed by atoms with Gasteiger partial charge >= 0.3 is 12.0 Å². The minimum atomic E-state index is -0.992. The van der Waals surface area contributed by atoms with Crippen LogP contribution in [0.4, 0.5) is 10.5 Å². The molecule has 1 atom stereocenters. The number of carbonyl (C=O) groups is 2. The lowest BCUT2D eigenvalue weighted by molar-refractivity contribution is -0.138. The molecule has 108 valence electrons. The first-order valence-electron chi connectivity index (χ1n) is 6.52. The highest BCUT2D eigenvalue weighted by Crippen LogP contribution is 2.32. The van der Waals surface area contributed by atoms with Crippen molar-refractivity contribution >= 4 is 17.7 Å². The van der Waals surface area contributed by atoms with Gasteiger partial charge in [0.2, 0.25) is 0 Å². The molecule has 1 aliphatic heterocycles. The average Bonchev–Trinajstić information content (AvgIpc) is 2.83. The van der Waals surface area contributed by atoms with Crippen molar-refractivity contribution in [3.8, 4) is 0 Å². The molecule has 1 aliphatic rings. The second kappa shape index (κ2) is 6.38. The summed E-state index contributed by atoms with van der Waals surface area (Å²) in [4.78, 5) is 24.8. The summed E-state index contributed by atoms with van der Waals surface area (Å²) in [5.41, 5.74) is 1.55. The number of ether oxygens (including phenoxy) is 1. The second-order valence-electron chi connectivity index (χ2n) is 4.64. The van der Waals surface area contributed by atoms with E-state index in [0.29, 0.717) is 31.7 Å². The van der Waals surface area contributed by atoms with Crippen LogP contribution in [0, 0.1) is 0 Å². The summed E-state index contributed by atoms with van der Waals surface area (Å²) in [7, 11) is 1.60. The number of urea groups is 1. The average molecular weight is 278 g/mol. The SMILES string of the molecule is COCCCNC(=O)N1c2ccccc2CC1C(=O)O. The number of anilines is 1. The van der Waals surface area contributed by atoms with Gasteiger partial charge in [0.05, 0.1) is 0 Å². The molecule has 0 spiro atoms. The van der Waals surface area contributed by atoms with Crippen molar-refractivity contribution in [2.75, 3.05) is 25.2 Å². The highest BCUT2D eigenvalue weighted by Gasteiger charge is 2.38. The highest BCUT2D eigenvalue weighted by molar-refractivity contribution is 6.01. The van der Waals surface area contributed by atoms with Gasteiger partial charge in [-0.05, 0) is 18.1 Å². The Hall–Kier alpha value is -2.08. The number of carboxylic acids is 1. The number of nitrogens with zero attached hydrogens (tertiary/aromatic N) is 1. The predicted molar refractivity (Wildman–Crippen MR) is 73.9 cm³/mol. The Kier molecular flexibility index (Phi) is 4.57. The van der Waals surface area contributed by atoms with Crippen LogP contribution in [0.2, 0.25) is 0 Å². The van der Waals surface area contributed by atoms with Crippen molar-refractivity contribution in [2.24, 2.45) is 0 Å². The number of rotatable bonds is 5. The molecule has 0 bridgehead atoms. The molecular formula is C14H18N2O4. The molecule has 1 unspecified atom stereocenters. The fraction of sp³-hybridized carbons (Fsp3) is 0.429. The number of nitrogens with one attached hydrogen (secondary N) is 1. The lowest BCUT2D eigenvalue weighted by Gasteiger charge is -2.23. The van der Waals surface area contributed by atoms with Crippen LogP contribution < -0.4 is 10.2 Å². The van der Waals surface area contributed by atoms with Crippen LogP contribution in [0.15, 0.2) is 24.3 Å². The van der Waals surface area contributed by atoms with E-state index < -0.39 is 12.0 Å². The molecule has 1 heterocycles. The zero-order valence-corrected chi connectivity index (χ0v) is 11.3. The van der Waals surface area contributed by atoms with Gasteiger partial charge in [-0.15, -0.1) is 0 Å². The molecule has 1 aromatic rings. The minimum Gasteiger partial charge on any atom is -0.480 e. The van der Waals surface area contributed by atoms with Crippen LogP contribution in [-0.4, -0.2) is 43.4 Å². The molecule has 1 aromatic carbocycles. The number of fused-ring (bicyclic) bond motifs is 1. The fourth-order valence-corrected chi connectivity index (χ4v) is 2.33. The molecule has 0 aliphatic carbocycles. The second-order valence-corrected chi connectivity index (χ2v) is 4.64. The zero-order valence-electron chi connectivity index (χ0n) is 11.3. The number of hydrogen-bond acceptors (Lipinski definition) is 3. The van der Waals surface area contributed by atoms with Gasteiger partial charge < -0.3 is 15.2 Å². The molecule has 0 aromatic heterocycles. The third-order valence-corrected chi connectivity index (χ3v) is 3.28. The Balaban J connectivity index is 2.10. The Morgan fingerprint density at radius 1 is 1.45 bits per heavy atom. The smallest absolute Gasteiger partial charge is 0.327 e. The quantitative estimate of drug-likeness (QED) is 0.794. The van der Waals surface area contributed by atoms with Gasteiger partial charge in [0.25, 0.3) is 0 Å². The molecule has 2 rings (SSSR count). The summed E-state index contributed by atoms with van der Waals surface area (Å²) in [5.74, 6) is -0.992. The number of hydrogen-bond donors (Lipinski definition) is 2.